The van der Waals surface area contributed by atoms with Gasteiger partial charge in [-0.05, 0) is 69.7 Å². The summed E-state index contributed by atoms with van der Waals surface area (Å²) in [6, 6.07) is 5.62. The molecule has 12 heteroatoms. The highest BCUT2D eigenvalue weighted by Gasteiger charge is 2.32. The maximum Gasteiger partial charge on any atom is 0.410 e. The standard InChI is InChI=1S/C31H39N7O5/c1-31(2,3)43-30(41)36-10-5-21(6-11-36)7-12-37-20-22-17-25(26(18-23(22)29(37)40)35-13-15-42-16-14-35)34-28(39)24-19-33-38-9-4-8-32-27(24)38/h4,8-9,17-19,21H,5-7,10-16,20H2,1-3H3,(H,34,39). The summed E-state index contributed by atoms with van der Waals surface area (Å²) in [4.78, 5) is 49.5. The number of benzene rings is 1. The molecule has 2 aromatic heterocycles. The number of carbonyl (C=O) groups excluding carboxylic acids is 3. The maximum atomic E-state index is 13.6. The summed E-state index contributed by atoms with van der Waals surface area (Å²) in [6.45, 7) is 10.6. The second-order valence-electron chi connectivity index (χ2n) is 12.5. The Labute approximate surface area is 250 Å². The number of amides is 3. The molecule has 0 aliphatic carbocycles. The highest BCUT2D eigenvalue weighted by atomic mass is 16.6. The predicted molar refractivity (Wildman–Crippen MR) is 160 cm³/mol. The third-order valence-corrected chi connectivity index (χ3v) is 8.30. The maximum absolute atomic E-state index is 13.6. The zero-order valence-corrected chi connectivity index (χ0v) is 25.0. The van der Waals surface area contributed by atoms with Crippen molar-refractivity contribution in [3.05, 3.63) is 53.5 Å². The number of fused-ring (bicyclic) bond motifs is 2. The quantitative estimate of drug-likeness (QED) is 0.461. The van der Waals surface area contributed by atoms with Gasteiger partial charge in [-0.3, -0.25) is 9.59 Å². The van der Waals surface area contributed by atoms with Crippen molar-refractivity contribution in [2.45, 2.75) is 52.2 Å². The van der Waals surface area contributed by atoms with Crippen molar-refractivity contribution in [1.29, 1.82) is 0 Å². The topological polar surface area (TPSA) is 122 Å². The Morgan fingerprint density at radius 1 is 1.12 bits per heavy atom. The molecular formula is C31H39N7O5. The number of anilines is 2. The number of aromatic nitrogens is 3. The van der Waals surface area contributed by atoms with E-state index in [9.17, 15) is 14.4 Å². The molecule has 0 bridgehead atoms. The van der Waals surface area contributed by atoms with Crippen LogP contribution in [0.2, 0.25) is 0 Å². The van der Waals surface area contributed by atoms with Crippen LogP contribution in [-0.2, 0) is 16.0 Å². The van der Waals surface area contributed by atoms with Gasteiger partial charge in [0.1, 0.15) is 11.2 Å². The Kier molecular flexibility index (Phi) is 7.95. The van der Waals surface area contributed by atoms with E-state index in [0.29, 0.717) is 80.9 Å². The smallest absolute Gasteiger partial charge is 0.410 e. The molecule has 0 spiro atoms. The van der Waals surface area contributed by atoms with Gasteiger partial charge >= 0.3 is 6.09 Å². The average molecular weight is 590 g/mol. The largest absolute Gasteiger partial charge is 0.444 e. The van der Waals surface area contributed by atoms with Crippen LogP contribution in [0.1, 0.15) is 66.3 Å². The summed E-state index contributed by atoms with van der Waals surface area (Å²) >= 11 is 0. The van der Waals surface area contributed by atoms with Crippen LogP contribution in [0.25, 0.3) is 5.65 Å². The van der Waals surface area contributed by atoms with Crippen molar-refractivity contribution >= 4 is 34.9 Å². The highest BCUT2D eigenvalue weighted by Crippen LogP contribution is 2.36. The minimum Gasteiger partial charge on any atom is -0.444 e. The van der Waals surface area contributed by atoms with Crippen LogP contribution in [-0.4, -0.2) is 93.8 Å². The molecule has 3 amide bonds. The number of hydrogen-bond donors (Lipinski definition) is 1. The first-order chi connectivity index (χ1) is 20.7. The van der Waals surface area contributed by atoms with Crippen LogP contribution in [0.5, 0.6) is 0 Å². The van der Waals surface area contributed by atoms with E-state index in [1.165, 1.54) is 6.20 Å². The van der Waals surface area contributed by atoms with Crippen molar-refractivity contribution in [3.8, 4) is 0 Å². The Hall–Kier alpha value is -4.19. The number of morpholine rings is 1. The molecule has 0 saturated carbocycles. The van der Waals surface area contributed by atoms with Gasteiger partial charge in [0.15, 0.2) is 5.65 Å². The summed E-state index contributed by atoms with van der Waals surface area (Å²) in [5.74, 6) is 0.149. The van der Waals surface area contributed by atoms with E-state index < -0.39 is 5.60 Å². The monoisotopic (exact) mass is 589 g/mol. The third-order valence-electron chi connectivity index (χ3n) is 8.30. The number of piperidine rings is 1. The van der Waals surface area contributed by atoms with E-state index in [4.69, 9.17) is 9.47 Å². The minimum atomic E-state index is -0.505. The zero-order chi connectivity index (χ0) is 30.1. The molecule has 43 heavy (non-hydrogen) atoms. The van der Waals surface area contributed by atoms with Crippen LogP contribution >= 0.6 is 0 Å². The number of hydrogen-bond acceptors (Lipinski definition) is 8. The molecular weight excluding hydrogens is 550 g/mol. The van der Waals surface area contributed by atoms with Crippen molar-refractivity contribution in [1.82, 2.24) is 24.4 Å². The summed E-state index contributed by atoms with van der Waals surface area (Å²) in [7, 11) is 0. The van der Waals surface area contributed by atoms with Crippen molar-refractivity contribution < 1.29 is 23.9 Å². The molecule has 2 fully saturated rings. The first-order valence-electron chi connectivity index (χ1n) is 15.0. The molecule has 0 atom stereocenters. The van der Waals surface area contributed by atoms with Crippen LogP contribution in [0, 0.1) is 5.92 Å². The van der Waals surface area contributed by atoms with Gasteiger partial charge in [-0.15, -0.1) is 0 Å². The predicted octanol–water partition coefficient (Wildman–Crippen LogP) is 3.81. The van der Waals surface area contributed by atoms with E-state index in [-0.39, 0.29) is 17.9 Å². The average Bonchev–Trinajstić information content (AvgIpc) is 3.56. The van der Waals surface area contributed by atoms with Gasteiger partial charge in [0, 0.05) is 57.2 Å². The fourth-order valence-electron chi connectivity index (χ4n) is 6.00. The Balaban J connectivity index is 1.14. The van der Waals surface area contributed by atoms with Gasteiger partial charge in [0.05, 0.1) is 30.8 Å². The summed E-state index contributed by atoms with van der Waals surface area (Å²) in [5, 5.41) is 7.33. The molecule has 2 saturated heterocycles. The molecule has 0 unspecified atom stereocenters. The summed E-state index contributed by atoms with van der Waals surface area (Å²) in [5.41, 5.74) is 3.40. The lowest BCUT2D eigenvalue weighted by Crippen LogP contribution is -2.42. The molecule has 228 valence electrons. The van der Waals surface area contributed by atoms with Crippen molar-refractivity contribution in [2.75, 3.05) is 56.2 Å². The molecule has 12 nitrogen and oxygen atoms in total. The summed E-state index contributed by atoms with van der Waals surface area (Å²) in [6.07, 6.45) is 7.30. The van der Waals surface area contributed by atoms with Gasteiger partial charge in [0.2, 0.25) is 0 Å². The van der Waals surface area contributed by atoms with E-state index in [1.54, 1.807) is 27.9 Å². The molecule has 3 aromatic rings. The molecule has 1 N–H and O–H groups in total. The third kappa shape index (κ3) is 6.29. The lowest BCUT2D eigenvalue weighted by molar-refractivity contribution is 0.0178. The van der Waals surface area contributed by atoms with E-state index >= 15 is 0 Å². The van der Waals surface area contributed by atoms with Crippen molar-refractivity contribution in [3.63, 3.8) is 0 Å². The molecule has 5 heterocycles. The van der Waals surface area contributed by atoms with Crippen LogP contribution in [0.4, 0.5) is 16.2 Å². The molecule has 1 aromatic carbocycles. The van der Waals surface area contributed by atoms with E-state index in [0.717, 1.165) is 30.5 Å². The first-order valence-corrected chi connectivity index (χ1v) is 15.0. The van der Waals surface area contributed by atoms with Crippen LogP contribution in [0.3, 0.4) is 0 Å². The summed E-state index contributed by atoms with van der Waals surface area (Å²) < 4.78 is 12.6. The van der Waals surface area contributed by atoms with Crippen LogP contribution < -0.4 is 10.2 Å². The number of nitrogens with zero attached hydrogens (tertiary/aromatic N) is 6. The number of likely N-dealkylation sites (tertiary alicyclic amines) is 1. The minimum absolute atomic E-state index is 0.0143. The van der Waals surface area contributed by atoms with E-state index in [2.05, 4.69) is 20.3 Å². The number of rotatable bonds is 6. The lowest BCUT2D eigenvalue weighted by Gasteiger charge is -2.34. The van der Waals surface area contributed by atoms with Crippen molar-refractivity contribution in [2.24, 2.45) is 5.92 Å². The van der Waals surface area contributed by atoms with Gasteiger partial charge in [0.25, 0.3) is 11.8 Å². The number of carbonyl (C=O) groups is 3. The first kappa shape index (κ1) is 28.9. The SMILES string of the molecule is CC(C)(C)OC(=O)N1CCC(CCN2Cc3cc(NC(=O)c4cnn5cccnc45)c(N4CCOCC4)cc3C2=O)CC1. The molecule has 3 aliphatic rings. The van der Waals surface area contributed by atoms with Gasteiger partial charge < -0.3 is 29.5 Å². The van der Waals surface area contributed by atoms with Crippen LogP contribution in [0.15, 0.2) is 36.8 Å². The van der Waals surface area contributed by atoms with Gasteiger partial charge in [-0.1, -0.05) is 0 Å². The zero-order valence-electron chi connectivity index (χ0n) is 25.0. The number of nitrogens with one attached hydrogen (secondary N) is 1. The second-order valence-corrected chi connectivity index (χ2v) is 12.5. The normalized spacial score (nSPS) is 17.8. The highest BCUT2D eigenvalue weighted by molar-refractivity contribution is 6.10. The van der Waals surface area contributed by atoms with E-state index in [1.807, 2.05) is 37.8 Å². The molecule has 6 rings (SSSR count). The second kappa shape index (κ2) is 11.8. The molecule has 0 radical (unpaired) electrons. The Bertz CT molecular complexity index is 1520. The molecule has 3 aliphatic heterocycles. The Morgan fingerprint density at radius 2 is 1.88 bits per heavy atom. The van der Waals surface area contributed by atoms with Gasteiger partial charge in [-0.2, -0.15) is 5.10 Å². The lowest BCUT2D eigenvalue weighted by atomic mass is 9.93. The fourth-order valence-corrected chi connectivity index (χ4v) is 6.00. The fraction of sp³-hybridized carbons (Fsp3) is 0.516. The Morgan fingerprint density at radius 3 is 2.63 bits per heavy atom. The number of ether oxygens (including phenoxy) is 2. The van der Waals surface area contributed by atoms with Gasteiger partial charge in [-0.25, -0.2) is 14.3 Å².